The van der Waals surface area contributed by atoms with E-state index in [4.69, 9.17) is 9.47 Å². The molecule has 0 saturated carbocycles. The third kappa shape index (κ3) is 4.46. The standard InChI is InChI=1S/C17H27NO3/c1-7-18-17(6,16(19)20-8-2)11-21-15-10-12(3)9-13(4)14(15)5/h9-10,18H,7-8,11H2,1-6H3. The Labute approximate surface area is 127 Å². The summed E-state index contributed by atoms with van der Waals surface area (Å²) in [5.74, 6) is 0.537. The molecule has 4 heteroatoms. The fourth-order valence-electron chi connectivity index (χ4n) is 2.24. The van der Waals surface area contributed by atoms with Crippen molar-refractivity contribution in [3.63, 3.8) is 0 Å². The van der Waals surface area contributed by atoms with Crippen LogP contribution in [0.15, 0.2) is 12.1 Å². The van der Waals surface area contributed by atoms with Gasteiger partial charge in [0.1, 0.15) is 17.9 Å². The smallest absolute Gasteiger partial charge is 0.329 e. The average molecular weight is 293 g/mol. The van der Waals surface area contributed by atoms with E-state index in [1.165, 1.54) is 5.56 Å². The molecule has 0 radical (unpaired) electrons. The van der Waals surface area contributed by atoms with E-state index in [2.05, 4.69) is 18.3 Å². The molecule has 0 spiro atoms. The maximum atomic E-state index is 12.1. The molecule has 1 unspecified atom stereocenters. The number of carbonyl (C=O) groups is 1. The Kier molecular flexibility index (Phi) is 6.21. The van der Waals surface area contributed by atoms with Crippen molar-refractivity contribution in [2.24, 2.45) is 0 Å². The van der Waals surface area contributed by atoms with Crippen LogP contribution in [0.4, 0.5) is 0 Å². The summed E-state index contributed by atoms with van der Waals surface area (Å²) in [4.78, 5) is 12.1. The number of benzene rings is 1. The van der Waals surface area contributed by atoms with Crippen molar-refractivity contribution in [1.82, 2.24) is 5.32 Å². The van der Waals surface area contributed by atoms with E-state index in [1.807, 2.05) is 33.8 Å². The lowest BCUT2D eigenvalue weighted by Crippen LogP contribution is -2.54. The summed E-state index contributed by atoms with van der Waals surface area (Å²) < 4.78 is 11.1. The van der Waals surface area contributed by atoms with Gasteiger partial charge in [0, 0.05) is 0 Å². The monoisotopic (exact) mass is 293 g/mol. The molecule has 4 nitrogen and oxygen atoms in total. The van der Waals surface area contributed by atoms with Gasteiger partial charge in [-0.15, -0.1) is 0 Å². The first-order valence-electron chi connectivity index (χ1n) is 7.47. The normalized spacial score (nSPS) is 13.6. The van der Waals surface area contributed by atoms with Gasteiger partial charge < -0.3 is 9.47 Å². The summed E-state index contributed by atoms with van der Waals surface area (Å²) >= 11 is 0. The van der Waals surface area contributed by atoms with Crippen molar-refractivity contribution >= 4 is 5.97 Å². The number of aryl methyl sites for hydroxylation is 2. The second-order valence-electron chi connectivity index (χ2n) is 5.58. The van der Waals surface area contributed by atoms with Crippen molar-refractivity contribution in [3.05, 3.63) is 28.8 Å². The lowest BCUT2D eigenvalue weighted by atomic mass is 10.0. The van der Waals surface area contributed by atoms with Gasteiger partial charge in [-0.25, -0.2) is 4.79 Å². The van der Waals surface area contributed by atoms with Crippen LogP contribution in [0, 0.1) is 20.8 Å². The lowest BCUT2D eigenvalue weighted by Gasteiger charge is -2.28. The Morgan fingerprint density at radius 2 is 1.90 bits per heavy atom. The second kappa shape index (κ2) is 7.46. The fraction of sp³-hybridized carbons (Fsp3) is 0.588. The summed E-state index contributed by atoms with van der Waals surface area (Å²) in [5, 5.41) is 3.16. The van der Waals surface area contributed by atoms with Crippen LogP contribution in [0.25, 0.3) is 0 Å². The van der Waals surface area contributed by atoms with Gasteiger partial charge in [0.05, 0.1) is 6.61 Å². The van der Waals surface area contributed by atoms with Gasteiger partial charge in [-0.1, -0.05) is 13.0 Å². The van der Waals surface area contributed by atoms with Crippen LogP contribution < -0.4 is 10.1 Å². The Bertz CT molecular complexity index is 499. The van der Waals surface area contributed by atoms with Gasteiger partial charge in [0.2, 0.25) is 0 Å². The van der Waals surface area contributed by atoms with Crippen molar-refractivity contribution in [2.45, 2.75) is 47.1 Å². The highest BCUT2D eigenvalue weighted by Crippen LogP contribution is 2.24. The first kappa shape index (κ1) is 17.5. The molecule has 1 N–H and O–H groups in total. The molecular formula is C17H27NO3. The number of carbonyl (C=O) groups excluding carboxylic acids is 1. The van der Waals surface area contributed by atoms with Crippen LogP contribution in [0.1, 0.15) is 37.5 Å². The average Bonchev–Trinajstić information content (AvgIpc) is 2.41. The number of ether oxygens (including phenoxy) is 2. The first-order valence-corrected chi connectivity index (χ1v) is 7.47. The van der Waals surface area contributed by atoms with E-state index in [-0.39, 0.29) is 12.6 Å². The van der Waals surface area contributed by atoms with E-state index in [1.54, 1.807) is 6.92 Å². The summed E-state index contributed by atoms with van der Waals surface area (Å²) in [5.41, 5.74) is 2.60. The van der Waals surface area contributed by atoms with E-state index in [0.717, 1.165) is 16.9 Å². The van der Waals surface area contributed by atoms with Crippen LogP contribution in [-0.4, -0.2) is 31.3 Å². The third-order valence-corrected chi connectivity index (χ3v) is 3.57. The molecule has 1 aromatic carbocycles. The summed E-state index contributed by atoms with van der Waals surface area (Å²) in [7, 11) is 0. The van der Waals surface area contributed by atoms with Crippen molar-refractivity contribution in [1.29, 1.82) is 0 Å². The molecule has 0 fully saturated rings. The highest BCUT2D eigenvalue weighted by molar-refractivity contribution is 5.80. The largest absolute Gasteiger partial charge is 0.491 e. The van der Waals surface area contributed by atoms with E-state index in [9.17, 15) is 4.79 Å². The summed E-state index contributed by atoms with van der Waals surface area (Å²) in [6, 6.07) is 4.12. The van der Waals surface area contributed by atoms with Gasteiger partial charge in [0.15, 0.2) is 0 Å². The number of esters is 1. The Morgan fingerprint density at radius 1 is 1.24 bits per heavy atom. The lowest BCUT2D eigenvalue weighted by molar-refractivity contribution is -0.151. The van der Waals surface area contributed by atoms with Gasteiger partial charge in [-0.2, -0.15) is 0 Å². The topological polar surface area (TPSA) is 47.6 Å². The number of hydrogen-bond donors (Lipinski definition) is 1. The van der Waals surface area contributed by atoms with Crippen molar-refractivity contribution in [3.8, 4) is 5.75 Å². The SMILES string of the molecule is CCNC(C)(COc1cc(C)cc(C)c1C)C(=O)OCC. The molecule has 0 heterocycles. The van der Waals surface area contributed by atoms with Crippen molar-refractivity contribution in [2.75, 3.05) is 19.8 Å². The third-order valence-electron chi connectivity index (χ3n) is 3.57. The molecule has 0 aliphatic rings. The highest BCUT2D eigenvalue weighted by Gasteiger charge is 2.35. The fourth-order valence-corrected chi connectivity index (χ4v) is 2.24. The van der Waals surface area contributed by atoms with Crippen LogP contribution in [0.2, 0.25) is 0 Å². The molecule has 0 amide bonds. The molecule has 1 rings (SSSR count). The number of nitrogens with one attached hydrogen (secondary N) is 1. The predicted octanol–water partition coefficient (Wildman–Crippen LogP) is 2.92. The number of likely N-dealkylation sites (N-methyl/N-ethyl adjacent to an activating group) is 1. The minimum Gasteiger partial charge on any atom is -0.491 e. The zero-order valence-corrected chi connectivity index (χ0v) is 14.0. The molecule has 0 aliphatic heterocycles. The van der Waals surface area contributed by atoms with Gasteiger partial charge in [-0.05, 0) is 63.9 Å². The maximum absolute atomic E-state index is 12.1. The number of hydrogen-bond acceptors (Lipinski definition) is 4. The zero-order valence-electron chi connectivity index (χ0n) is 14.0. The highest BCUT2D eigenvalue weighted by atomic mass is 16.5. The summed E-state index contributed by atoms with van der Waals surface area (Å²) in [6.45, 7) is 13.0. The molecule has 21 heavy (non-hydrogen) atoms. The first-order chi connectivity index (χ1) is 9.84. The molecule has 0 aromatic heterocycles. The molecule has 0 saturated heterocycles. The second-order valence-corrected chi connectivity index (χ2v) is 5.58. The van der Waals surface area contributed by atoms with Crippen LogP contribution in [0.5, 0.6) is 5.75 Å². The quantitative estimate of drug-likeness (QED) is 0.785. The minimum absolute atomic E-state index is 0.239. The molecule has 0 aliphatic carbocycles. The van der Waals surface area contributed by atoms with Gasteiger partial charge in [0.25, 0.3) is 0 Å². The molecule has 118 valence electrons. The van der Waals surface area contributed by atoms with Crippen molar-refractivity contribution < 1.29 is 14.3 Å². The maximum Gasteiger partial charge on any atom is 0.329 e. The minimum atomic E-state index is -0.838. The van der Waals surface area contributed by atoms with Crippen LogP contribution in [-0.2, 0) is 9.53 Å². The molecule has 0 bridgehead atoms. The number of rotatable bonds is 7. The Hall–Kier alpha value is -1.55. The van der Waals surface area contributed by atoms with Crippen LogP contribution in [0.3, 0.4) is 0 Å². The van der Waals surface area contributed by atoms with Gasteiger partial charge >= 0.3 is 5.97 Å². The molecule has 1 atom stereocenters. The van der Waals surface area contributed by atoms with E-state index >= 15 is 0 Å². The van der Waals surface area contributed by atoms with E-state index < -0.39 is 5.54 Å². The molecule has 1 aromatic rings. The molecular weight excluding hydrogens is 266 g/mol. The Morgan fingerprint density at radius 3 is 2.48 bits per heavy atom. The van der Waals surface area contributed by atoms with Crippen LogP contribution >= 0.6 is 0 Å². The Balaban J connectivity index is 2.89. The van der Waals surface area contributed by atoms with Gasteiger partial charge in [-0.3, -0.25) is 5.32 Å². The van der Waals surface area contributed by atoms with E-state index in [0.29, 0.717) is 13.2 Å². The zero-order chi connectivity index (χ0) is 16.0. The summed E-state index contributed by atoms with van der Waals surface area (Å²) in [6.07, 6.45) is 0. The predicted molar refractivity (Wildman–Crippen MR) is 84.9 cm³/mol.